The Morgan fingerprint density at radius 1 is 0.571 bits per heavy atom. The third-order valence-corrected chi connectivity index (χ3v) is 11.4. The van der Waals surface area contributed by atoms with Crippen molar-refractivity contribution in [2.75, 3.05) is 4.90 Å². The van der Waals surface area contributed by atoms with E-state index < -0.39 is 60.4 Å². The number of benzene rings is 7. The lowest BCUT2D eigenvalue weighted by atomic mass is 9.87. The largest absolute Gasteiger partial charge is 0.457 e. The first kappa shape index (κ1) is 28.4. The number of hydrogen-bond donors (Lipinski definition) is 0. The molecule has 0 amide bonds. The summed E-state index contributed by atoms with van der Waals surface area (Å²) in [5.74, 6) is 1.81. The quantitative estimate of drug-likeness (QED) is 0.150. The number of imidazole rings is 1. The van der Waals surface area contributed by atoms with Gasteiger partial charge in [-0.15, -0.1) is 0 Å². The fourth-order valence-electron chi connectivity index (χ4n) is 8.42. The summed E-state index contributed by atoms with van der Waals surface area (Å²) in [4.78, 5) is 11.7. The Labute approximate surface area is 381 Å². The molecule has 1 aliphatic rings. The Hall–Kier alpha value is -8.09. The molecule has 0 atom stereocenters. The molecule has 63 heavy (non-hydrogen) atoms. The highest BCUT2D eigenvalue weighted by atomic mass is 16.5. The molecule has 3 aromatic heterocycles. The van der Waals surface area contributed by atoms with Crippen LogP contribution >= 0.6 is 0 Å². The van der Waals surface area contributed by atoms with E-state index in [2.05, 4.69) is 54.9 Å². The number of anilines is 3. The van der Waals surface area contributed by atoms with E-state index in [-0.39, 0.29) is 33.4 Å². The summed E-state index contributed by atoms with van der Waals surface area (Å²) in [6.07, 6.45) is 7.31. The summed E-state index contributed by atoms with van der Waals surface area (Å²) in [6, 6.07) is 35.2. The van der Waals surface area contributed by atoms with Crippen molar-refractivity contribution in [1.29, 1.82) is 0 Å². The van der Waals surface area contributed by atoms with Crippen molar-refractivity contribution < 1.29 is 23.0 Å². The molecule has 10 aromatic rings. The number of para-hydroxylation sites is 3. The van der Waals surface area contributed by atoms with Crippen LogP contribution in [0, 0.1) is 0 Å². The molecule has 7 aromatic carbocycles. The molecule has 1 aliphatic heterocycles. The van der Waals surface area contributed by atoms with Crippen LogP contribution in [0.1, 0.15) is 40.0 Å². The van der Waals surface area contributed by atoms with E-state index in [4.69, 9.17) is 23.4 Å². The molecule has 0 aliphatic carbocycles. The molecule has 302 valence electrons. The zero-order chi connectivity index (χ0) is 51.2. The number of ether oxygens (including phenoxy) is 1. The van der Waals surface area contributed by atoms with Crippen molar-refractivity contribution in [3.63, 3.8) is 0 Å². The van der Waals surface area contributed by atoms with Gasteiger partial charge in [0.2, 0.25) is 0 Å². The van der Waals surface area contributed by atoms with Crippen molar-refractivity contribution in [1.82, 2.24) is 14.5 Å². The Morgan fingerprint density at radius 2 is 1.24 bits per heavy atom. The summed E-state index contributed by atoms with van der Waals surface area (Å²) in [5.41, 5.74) is 9.11. The Morgan fingerprint density at radius 3 is 1.98 bits per heavy atom. The van der Waals surface area contributed by atoms with Crippen LogP contribution in [0.3, 0.4) is 0 Å². The highest BCUT2D eigenvalue weighted by Gasteiger charge is 2.29. The molecule has 0 radical (unpaired) electrons. The van der Waals surface area contributed by atoms with Gasteiger partial charge in [0.25, 0.3) is 6.33 Å². The van der Waals surface area contributed by atoms with Gasteiger partial charge in [-0.2, -0.15) is 9.13 Å². The van der Waals surface area contributed by atoms with Crippen molar-refractivity contribution in [2.45, 2.75) is 26.2 Å². The second-order valence-corrected chi connectivity index (χ2v) is 16.3. The van der Waals surface area contributed by atoms with Crippen LogP contribution in [-0.4, -0.2) is 14.5 Å². The average Bonchev–Trinajstić information content (AvgIpc) is 3.73. The number of nitrogens with zero attached hydrogens (tertiary/aromatic N) is 5. The van der Waals surface area contributed by atoms with Crippen LogP contribution in [0.5, 0.6) is 11.5 Å². The molecular formula is C57H44N5O+. The minimum Gasteiger partial charge on any atom is -0.457 e. The van der Waals surface area contributed by atoms with E-state index >= 15 is 0 Å². The van der Waals surface area contributed by atoms with E-state index in [0.29, 0.717) is 28.2 Å². The second kappa shape index (κ2) is 15.4. The smallest absolute Gasteiger partial charge is 0.255 e. The van der Waals surface area contributed by atoms with Gasteiger partial charge < -0.3 is 4.74 Å². The van der Waals surface area contributed by atoms with Gasteiger partial charge in [0.05, 0.1) is 25.1 Å². The SMILES string of the molecule is [2H]c1c([2H])c([2H])c(-c2cccc(-c3c([2H])c([2H])c([2H])c([2H])c3[2H])c2-[n+]2cn(-c3cccc(Oc4ccc5c(c4)N(c4cc(C(C)(C)C)ccn4)c4ccncc4-c4ccccc4-5)c3)c3ccccc32)c([2H])c1[2H]. The van der Waals surface area contributed by atoms with Gasteiger partial charge in [-0.05, 0) is 87.8 Å². The zero-order valence-electron chi connectivity index (χ0n) is 44.6. The molecule has 11 rings (SSSR count). The van der Waals surface area contributed by atoms with Crippen LogP contribution in [0.15, 0.2) is 213 Å². The Bertz CT molecular complexity index is 3780. The summed E-state index contributed by atoms with van der Waals surface area (Å²) >= 11 is 0. The van der Waals surface area contributed by atoms with E-state index in [0.717, 1.165) is 45.0 Å². The maximum atomic E-state index is 9.05. The highest BCUT2D eigenvalue weighted by Crippen LogP contribution is 2.51. The monoisotopic (exact) mass is 824 g/mol. The molecular weight excluding hydrogens is 771 g/mol. The molecule has 0 N–H and O–H groups in total. The lowest BCUT2D eigenvalue weighted by Crippen LogP contribution is -2.30. The first-order valence-corrected chi connectivity index (χ1v) is 20.6. The van der Waals surface area contributed by atoms with Crippen LogP contribution in [0.25, 0.3) is 66.9 Å². The molecule has 0 saturated carbocycles. The van der Waals surface area contributed by atoms with Crippen molar-refractivity contribution in [3.05, 3.63) is 218 Å². The fraction of sp³-hybridized carbons (Fsp3) is 0.0702. The third-order valence-electron chi connectivity index (χ3n) is 11.4. The average molecular weight is 825 g/mol. The summed E-state index contributed by atoms with van der Waals surface area (Å²) < 4.78 is 97.8. The van der Waals surface area contributed by atoms with Crippen molar-refractivity contribution >= 4 is 28.2 Å². The maximum absolute atomic E-state index is 9.05. The Balaban J connectivity index is 1.08. The first-order chi connectivity index (χ1) is 35.0. The number of hydrogen-bond acceptors (Lipinski definition) is 4. The number of pyridine rings is 2. The van der Waals surface area contributed by atoms with Gasteiger partial charge in [0.15, 0.2) is 11.0 Å². The van der Waals surface area contributed by atoms with E-state index in [1.54, 1.807) is 35.3 Å². The zero-order valence-corrected chi connectivity index (χ0v) is 34.6. The molecule has 6 heteroatoms. The predicted octanol–water partition coefficient (Wildman–Crippen LogP) is 14.2. The lowest BCUT2D eigenvalue weighted by Gasteiger charge is -2.28. The first-order valence-electron chi connectivity index (χ1n) is 25.6. The topological polar surface area (TPSA) is 47.1 Å². The molecule has 6 nitrogen and oxygen atoms in total. The molecule has 0 spiro atoms. The summed E-state index contributed by atoms with van der Waals surface area (Å²) in [5, 5.41) is 0. The summed E-state index contributed by atoms with van der Waals surface area (Å²) in [6.45, 7) is 6.54. The summed E-state index contributed by atoms with van der Waals surface area (Å²) in [7, 11) is 0. The fourth-order valence-corrected chi connectivity index (χ4v) is 8.42. The van der Waals surface area contributed by atoms with Gasteiger partial charge in [0.1, 0.15) is 28.7 Å². The van der Waals surface area contributed by atoms with E-state index in [9.17, 15) is 0 Å². The lowest BCUT2D eigenvalue weighted by molar-refractivity contribution is -0.566. The molecule has 4 heterocycles. The number of rotatable bonds is 7. The van der Waals surface area contributed by atoms with Gasteiger partial charge in [-0.3, -0.25) is 9.88 Å². The van der Waals surface area contributed by atoms with Crippen LogP contribution in [0.4, 0.5) is 17.2 Å². The van der Waals surface area contributed by atoms with Crippen molar-refractivity contribution in [3.8, 4) is 67.4 Å². The van der Waals surface area contributed by atoms with Crippen LogP contribution in [0.2, 0.25) is 0 Å². The number of fused-ring (bicyclic) bond motifs is 6. The van der Waals surface area contributed by atoms with Gasteiger partial charge in [-0.1, -0.05) is 142 Å². The van der Waals surface area contributed by atoms with E-state index in [1.165, 1.54) is 0 Å². The third kappa shape index (κ3) is 6.82. The van der Waals surface area contributed by atoms with Crippen LogP contribution < -0.4 is 14.2 Å². The van der Waals surface area contributed by atoms with E-state index in [1.807, 2.05) is 102 Å². The molecule has 0 unspecified atom stereocenters. The molecule has 0 fully saturated rings. The molecule has 0 saturated heterocycles. The predicted molar refractivity (Wildman–Crippen MR) is 256 cm³/mol. The normalized spacial score (nSPS) is 14.2. The maximum Gasteiger partial charge on any atom is 0.255 e. The number of aromatic nitrogens is 4. The van der Waals surface area contributed by atoms with Crippen molar-refractivity contribution in [2.24, 2.45) is 0 Å². The van der Waals surface area contributed by atoms with Crippen LogP contribution in [-0.2, 0) is 5.41 Å². The van der Waals surface area contributed by atoms with Gasteiger partial charge in [-0.25, -0.2) is 4.98 Å². The second-order valence-electron chi connectivity index (χ2n) is 16.3. The highest BCUT2D eigenvalue weighted by molar-refractivity contribution is 6.02. The molecule has 0 bridgehead atoms. The van der Waals surface area contributed by atoms with Gasteiger partial charge >= 0.3 is 0 Å². The minimum atomic E-state index is -0.562. The Kier molecular flexibility index (Phi) is 6.96. The standard InChI is InChI=1S/C57H44N5O/c1-57(2,3)41-30-33-59-55(34-41)62-51-31-32-58-37-50(51)48-23-11-10-22-47(48)49-29-28-44(36-54(49)62)63-43-21-14-20-42(35-43)60-38-61(53-27-13-12-26-52(53)60)56-45(39-16-6-4-7-17-39)24-15-25-46(56)40-18-8-5-9-19-40/h4-38H,1-3H3/q+1/i4D,5D,6D,7D,8D,9D,16D,17D,18D,19D. The van der Waals surface area contributed by atoms with Gasteiger partial charge in [0, 0.05) is 53.0 Å². The minimum absolute atomic E-state index is 0.115.